The first-order valence-electron chi connectivity index (χ1n) is 5.75. The third-order valence-corrected chi connectivity index (χ3v) is 3.67. The van der Waals surface area contributed by atoms with E-state index < -0.39 is 43.6 Å². The van der Waals surface area contributed by atoms with Gasteiger partial charge in [0.05, 0.1) is 6.61 Å². The monoisotopic (exact) mass is 339 g/mol. The molecule has 0 amide bonds. The van der Waals surface area contributed by atoms with Gasteiger partial charge < -0.3 is 35.0 Å². The van der Waals surface area contributed by atoms with E-state index in [9.17, 15) is 15.0 Å². The summed E-state index contributed by atoms with van der Waals surface area (Å²) in [6, 6.07) is 1.33. The van der Waals surface area contributed by atoms with Crippen molar-refractivity contribution in [2.75, 3.05) is 12.3 Å². The molecule has 1 aromatic heterocycles. The number of ether oxygens (including phenoxy) is 1. The lowest BCUT2D eigenvalue weighted by Crippen LogP contribution is -2.36. The van der Waals surface area contributed by atoms with Crippen LogP contribution in [-0.4, -0.2) is 54.5 Å². The van der Waals surface area contributed by atoms with E-state index in [2.05, 4.69) is 21.3 Å². The molecule has 1 aliphatic rings. The van der Waals surface area contributed by atoms with Crippen LogP contribution in [0.2, 0.25) is 0 Å². The van der Waals surface area contributed by atoms with Gasteiger partial charge in [-0.1, -0.05) is 0 Å². The van der Waals surface area contributed by atoms with Crippen molar-refractivity contribution in [1.29, 1.82) is 0 Å². The fourth-order valence-corrected chi connectivity index (χ4v) is 2.41. The highest BCUT2D eigenvalue weighted by molar-refractivity contribution is 8.06. The number of anilines is 1. The molecule has 2 heterocycles. The number of rotatable bonds is 4. The largest absolute Gasteiger partial charge is 0.387 e. The van der Waals surface area contributed by atoms with Gasteiger partial charge in [-0.3, -0.25) is 4.57 Å². The van der Waals surface area contributed by atoms with Crippen molar-refractivity contribution in [2.45, 2.75) is 24.5 Å². The molecule has 21 heavy (non-hydrogen) atoms. The van der Waals surface area contributed by atoms with Crippen LogP contribution in [0.4, 0.5) is 5.82 Å². The van der Waals surface area contributed by atoms with Gasteiger partial charge in [-0.05, 0) is 17.9 Å². The molecule has 2 rings (SSSR count). The van der Waals surface area contributed by atoms with Gasteiger partial charge in [-0.2, -0.15) is 4.98 Å². The second-order valence-corrected chi connectivity index (χ2v) is 7.04. The van der Waals surface area contributed by atoms with E-state index in [-0.39, 0.29) is 5.82 Å². The minimum atomic E-state index is -3.91. The predicted molar refractivity (Wildman–Crippen MR) is 73.5 cm³/mol. The molecule has 6 N–H and O–H groups in total. The quantitative estimate of drug-likeness (QED) is 0.376. The van der Waals surface area contributed by atoms with E-state index in [0.717, 1.165) is 4.57 Å². The number of aromatic nitrogens is 2. The van der Waals surface area contributed by atoms with Crippen LogP contribution in [0, 0.1) is 0 Å². The van der Waals surface area contributed by atoms with Gasteiger partial charge in [0.15, 0.2) is 6.23 Å². The fraction of sp³-hybridized carbons (Fsp3) is 0.556. The van der Waals surface area contributed by atoms with Crippen molar-refractivity contribution in [3.63, 3.8) is 0 Å². The molecule has 10 nitrogen and oxygen atoms in total. The fourth-order valence-electron chi connectivity index (χ4n) is 1.89. The highest BCUT2D eigenvalue weighted by Crippen LogP contribution is 2.38. The Balaban J connectivity index is 2.16. The van der Waals surface area contributed by atoms with Crippen molar-refractivity contribution in [1.82, 2.24) is 9.55 Å². The zero-order valence-corrected chi connectivity index (χ0v) is 12.2. The zero-order chi connectivity index (χ0) is 15.8. The first-order chi connectivity index (χ1) is 9.69. The van der Waals surface area contributed by atoms with Gasteiger partial charge in [-0.25, -0.2) is 4.79 Å². The smallest absolute Gasteiger partial charge is 0.351 e. The molecule has 1 unspecified atom stereocenters. The zero-order valence-electron chi connectivity index (χ0n) is 10.5. The summed E-state index contributed by atoms with van der Waals surface area (Å²) in [4.78, 5) is 33.1. The van der Waals surface area contributed by atoms with E-state index in [1.165, 1.54) is 12.3 Å². The van der Waals surface area contributed by atoms with Gasteiger partial charge in [0.1, 0.15) is 24.1 Å². The third-order valence-electron chi connectivity index (χ3n) is 2.87. The van der Waals surface area contributed by atoms with Crippen LogP contribution in [0.15, 0.2) is 17.1 Å². The van der Waals surface area contributed by atoms with Crippen LogP contribution in [-0.2, 0) is 21.1 Å². The minimum absolute atomic E-state index is 0.00502. The minimum Gasteiger partial charge on any atom is -0.387 e. The maximum atomic E-state index is 11.7. The molecule has 12 heteroatoms. The highest BCUT2D eigenvalue weighted by atomic mass is 32.5. The van der Waals surface area contributed by atoms with Crippen molar-refractivity contribution in [2.24, 2.45) is 0 Å². The molecule has 0 aliphatic carbocycles. The maximum absolute atomic E-state index is 11.7. The van der Waals surface area contributed by atoms with Crippen LogP contribution >= 0.6 is 6.72 Å². The van der Waals surface area contributed by atoms with Gasteiger partial charge in [-0.15, -0.1) is 0 Å². The molecule has 0 bridgehead atoms. The number of hydrogen-bond donors (Lipinski definition) is 5. The second-order valence-electron chi connectivity index (χ2n) is 4.37. The summed E-state index contributed by atoms with van der Waals surface area (Å²) in [5.41, 5.74) is 4.59. The van der Waals surface area contributed by atoms with Crippen LogP contribution in [0.25, 0.3) is 0 Å². The van der Waals surface area contributed by atoms with Gasteiger partial charge in [0.25, 0.3) is 0 Å². The Hall–Kier alpha value is -0.910. The van der Waals surface area contributed by atoms with E-state index in [4.69, 9.17) is 20.3 Å². The van der Waals surface area contributed by atoms with E-state index in [1.54, 1.807) is 0 Å². The average Bonchev–Trinajstić information content (AvgIpc) is 2.64. The van der Waals surface area contributed by atoms with Crippen molar-refractivity contribution in [3.8, 4) is 0 Å². The Kier molecular flexibility index (Phi) is 4.76. The second kappa shape index (κ2) is 6.07. The number of hydrogen-bond acceptors (Lipinski definition) is 8. The Morgan fingerprint density at radius 1 is 1.48 bits per heavy atom. The predicted octanol–water partition coefficient (Wildman–Crippen LogP) is -2.33. The molecule has 1 aliphatic heterocycles. The van der Waals surface area contributed by atoms with Crippen LogP contribution in [0.1, 0.15) is 6.23 Å². The first-order valence-corrected chi connectivity index (χ1v) is 8.38. The molecular weight excluding hydrogens is 325 g/mol. The highest BCUT2D eigenvalue weighted by Gasteiger charge is 2.44. The lowest BCUT2D eigenvalue weighted by molar-refractivity contribution is -0.0526. The summed E-state index contributed by atoms with van der Waals surface area (Å²) in [6.45, 7) is -4.36. The Bertz CT molecular complexity index is 620. The van der Waals surface area contributed by atoms with E-state index in [0.29, 0.717) is 0 Å². The average molecular weight is 339 g/mol. The normalized spacial score (nSPS) is 29.7. The molecule has 0 saturated carbocycles. The number of nitrogens with two attached hydrogens (primary N) is 1. The topological polar surface area (TPSA) is 160 Å². The van der Waals surface area contributed by atoms with Gasteiger partial charge in [0.2, 0.25) is 0 Å². The first kappa shape index (κ1) is 16.5. The summed E-state index contributed by atoms with van der Waals surface area (Å²) in [6.07, 6.45) is -3.87. The molecule has 118 valence electrons. The van der Waals surface area contributed by atoms with Crippen molar-refractivity contribution in [3.05, 3.63) is 22.7 Å². The molecule has 0 aromatic carbocycles. The van der Waals surface area contributed by atoms with Crippen LogP contribution in [0.3, 0.4) is 0 Å². The lowest BCUT2D eigenvalue weighted by Gasteiger charge is -2.17. The molecule has 0 radical (unpaired) electrons. The van der Waals surface area contributed by atoms with Crippen molar-refractivity contribution < 1.29 is 29.3 Å². The molecule has 0 spiro atoms. The number of aliphatic hydroxyl groups excluding tert-OH is 2. The molecule has 1 saturated heterocycles. The number of nitrogens with zero attached hydrogens (tertiary/aromatic N) is 2. The summed E-state index contributed by atoms with van der Waals surface area (Å²) in [7, 11) is 0. The van der Waals surface area contributed by atoms with Crippen LogP contribution < -0.4 is 11.4 Å². The van der Waals surface area contributed by atoms with Gasteiger partial charge >= 0.3 is 12.4 Å². The maximum Gasteiger partial charge on any atom is 0.351 e. The summed E-state index contributed by atoms with van der Waals surface area (Å²) in [5.74, 6) is 0.00502. The Morgan fingerprint density at radius 2 is 2.14 bits per heavy atom. The summed E-state index contributed by atoms with van der Waals surface area (Å²) in [5, 5.41) is 19.7. The number of nitrogen functional groups attached to an aromatic ring is 1. The van der Waals surface area contributed by atoms with Gasteiger partial charge in [0, 0.05) is 6.20 Å². The lowest BCUT2D eigenvalue weighted by atomic mass is 10.1. The molecule has 1 aromatic rings. The molecule has 4 atom stereocenters. The standard InChI is InChI=1S/C9H14N3O7PS/c10-5-1-2-12(9(15)11-5)8-7(14)6(13)4(19-8)3-18-20(16,17)21/h1-2,4,6-8,13-14H,3H2,(H2,10,11,15)(H2,16,17,21)/t4-,6?,7+,8-/m1/s1. The third kappa shape index (κ3) is 3.84. The van der Waals surface area contributed by atoms with Crippen LogP contribution in [0.5, 0.6) is 0 Å². The molecular formula is C9H14N3O7PS. The summed E-state index contributed by atoms with van der Waals surface area (Å²) < 4.78 is 10.8. The Labute approximate surface area is 123 Å². The van der Waals surface area contributed by atoms with Crippen molar-refractivity contribution >= 4 is 24.3 Å². The van der Waals surface area contributed by atoms with E-state index in [1.807, 2.05) is 0 Å². The summed E-state index contributed by atoms with van der Waals surface area (Å²) >= 11 is 4.27. The van der Waals surface area contributed by atoms with E-state index >= 15 is 0 Å². The SMILES string of the molecule is Nc1ccn([C@@H]2O[C@H](COP(O)(O)=S)C(O)[C@@H]2O)c(=O)n1. The Morgan fingerprint density at radius 3 is 2.71 bits per heavy atom. The number of aliphatic hydroxyl groups is 2. The molecule has 1 fully saturated rings.